The number of likely N-dealkylation sites (tertiary alicyclic amines) is 2. The van der Waals surface area contributed by atoms with Gasteiger partial charge >= 0.3 is 0 Å². The van der Waals surface area contributed by atoms with Crippen LogP contribution in [0.4, 0.5) is 0 Å². The molecule has 2 amide bonds. The lowest BCUT2D eigenvalue weighted by molar-refractivity contribution is -0.146. The van der Waals surface area contributed by atoms with E-state index in [0.717, 1.165) is 43.4 Å². The van der Waals surface area contributed by atoms with E-state index >= 15 is 0 Å². The summed E-state index contributed by atoms with van der Waals surface area (Å²) in [6.07, 6.45) is 3.40. The normalized spacial score (nSPS) is 24.2. The summed E-state index contributed by atoms with van der Waals surface area (Å²) in [6, 6.07) is 0. The molecule has 1 unspecified atom stereocenters. The van der Waals surface area contributed by atoms with E-state index in [0.29, 0.717) is 19.6 Å². The third kappa shape index (κ3) is 2.86. The maximum absolute atomic E-state index is 12.9. The maximum atomic E-state index is 12.9. The number of amides is 2. The van der Waals surface area contributed by atoms with Crippen LogP contribution < -0.4 is 0 Å². The molecule has 0 bridgehead atoms. The van der Waals surface area contributed by atoms with Crippen LogP contribution in [0.5, 0.6) is 0 Å². The molecule has 132 valence electrons. The number of β-amino-alcohol motifs (C(OH)–C–C–N with tert-alkyl or cyclic N) is 1. The van der Waals surface area contributed by atoms with Crippen molar-refractivity contribution >= 4 is 23.2 Å². The van der Waals surface area contributed by atoms with Crippen LogP contribution in [-0.4, -0.2) is 59.5 Å². The SMILES string of the molecule is CCc1c(C(=O)N2CCC3(CCCN(CCO)C3=O)C2)csc1C. The number of nitrogens with zero attached hydrogens (tertiary/aromatic N) is 2. The van der Waals surface area contributed by atoms with Crippen molar-refractivity contribution in [1.82, 2.24) is 9.80 Å². The molecule has 1 N–H and O–H groups in total. The van der Waals surface area contributed by atoms with Gasteiger partial charge in [-0.05, 0) is 38.2 Å². The molecule has 6 heteroatoms. The van der Waals surface area contributed by atoms with Gasteiger partial charge in [0.25, 0.3) is 5.91 Å². The lowest BCUT2D eigenvalue weighted by Crippen LogP contribution is -2.51. The molecule has 3 rings (SSSR count). The van der Waals surface area contributed by atoms with E-state index in [1.807, 2.05) is 10.3 Å². The molecule has 0 aliphatic carbocycles. The Morgan fingerprint density at radius 1 is 1.38 bits per heavy atom. The van der Waals surface area contributed by atoms with Crippen molar-refractivity contribution in [2.24, 2.45) is 5.41 Å². The quantitative estimate of drug-likeness (QED) is 0.904. The minimum absolute atomic E-state index is 0.00148. The number of rotatable bonds is 4. The van der Waals surface area contributed by atoms with Gasteiger partial charge in [0.15, 0.2) is 0 Å². The van der Waals surface area contributed by atoms with Crippen LogP contribution >= 0.6 is 11.3 Å². The van der Waals surface area contributed by atoms with E-state index in [2.05, 4.69) is 13.8 Å². The first-order valence-corrected chi connectivity index (χ1v) is 9.67. The number of hydrogen-bond donors (Lipinski definition) is 1. The van der Waals surface area contributed by atoms with Crippen LogP contribution in [0.1, 0.15) is 47.0 Å². The van der Waals surface area contributed by atoms with Gasteiger partial charge < -0.3 is 14.9 Å². The van der Waals surface area contributed by atoms with E-state index in [-0.39, 0.29) is 18.4 Å². The highest BCUT2D eigenvalue weighted by molar-refractivity contribution is 7.10. The van der Waals surface area contributed by atoms with Gasteiger partial charge in [-0.25, -0.2) is 0 Å². The highest BCUT2D eigenvalue weighted by Gasteiger charge is 2.49. The Morgan fingerprint density at radius 2 is 2.17 bits per heavy atom. The molecular formula is C18H26N2O3S. The van der Waals surface area contributed by atoms with Crippen LogP contribution in [0.2, 0.25) is 0 Å². The smallest absolute Gasteiger partial charge is 0.255 e. The molecule has 5 nitrogen and oxygen atoms in total. The summed E-state index contributed by atoms with van der Waals surface area (Å²) in [5.41, 5.74) is 1.52. The second kappa shape index (κ2) is 6.84. The fraction of sp³-hybridized carbons (Fsp3) is 0.667. The average Bonchev–Trinajstić information content (AvgIpc) is 3.16. The van der Waals surface area contributed by atoms with E-state index in [9.17, 15) is 9.59 Å². The van der Waals surface area contributed by atoms with Gasteiger partial charge in [0.05, 0.1) is 17.6 Å². The molecular weight excluding hydrogens is 324 g/mol. The van der Waals surface area contributed by atoms with Crippen LogP contribution in [0.25, 0.3) is 0 Å². The molecule has 0 saturated carbocycles. The van der Waals surface area contributed by atoms with Crippen molar-refractivity contribution in [3.05, 3.63) is 21.4 Å². The molecule has 2 fully saturated rings. The average molecular weight is 350 g/mol. The minimum atomic E-state index is -0.430. The van der Waals surface area contributed by atoms with Gasteiger partial charge in [0, 0.05) is 36.4 Å². The number of aliphatic hydroxyl groups excluding tert-OH is 1. The van der Waals surface area contributed by atoms with Gasteiger partial charge in [-0.2, -0.15) is 0 Å². The van der Waals surface area contributed by atoms with Gasteiger partial charge in [0.1, 0.15) is 0 Å². The van der Waals surface area contributed by atoms with Crippen molar-refractivity contribution < 1.29 is 14.7 Å². The molecule has 0 aromatic carbocycles. The lowest BCUT2D eigenvalue weighted by atomic mass is 9.78. The zero-order valence-corrected chi connectivity index (χ0v) is 15.3. The first-order chi connectivity index (χ1) is 11.5. The summed E-state index contributed by atoms with van der Waals surface area (Å²) in [7, 11) is 0. The van der Waals surface area contributed by atoms with Crippen LogP contribution in [-0.2, 0) is 11.2 Å². The highest BCUT2D eigenvalue weighted by Crippen LogP contribution is 2.40. The first kappa shape index (κ1) is 17.4. The predicted molar refractivity (Wildman–Crippen MR) is 94.3 cm³/mol. The number of aliphatic hydroxyl groups is 1. The van der Waals surface area contributed by atoms with Crippen LogP contribution in [0, 0.1) is 12.3 Å². The van der Waals surface area contributed by atoms with Crippen LogP contribution in [0.15, 0.2) is 5.38 Å². The topological polar surface area (TPSA) is 60.9 Å². The molecule has 0 radical (unpaired) electrons. The monoisotopic (exact) mass is 350 g/mol. The zero-order chi connectivity index (χ0) is 17.3. The van der Waals surface area contributed by atoms with E-state index in [1.165, 1.54) is 4.88 Å². The van der Waals surface area contributed by atoms with Crippen molar-refractivity contribution in [3.63, 3.8) is 0 Å². The van der Waals surface area contributed by atoms with Crippen molar-refractivity contribution in [2.75, 3.05) is 32.8 Å². The highest BCUT2D eigenvalue weighted by atomic mass is 32.1. The fourth-order valence-corrected chi connectivity index (χ4v) is 5.11. The summed E-state index contributed by atoms with van der Waals surface area (Å²) >= 11 is 1.63. The lowest BCUT2D eigenvalue weighted by Gasteiger charge is -2.39. The van der Waals surface area contributed by atoms with Gasteiger partial charge in [-0.3, -0.25) is 9.59 Å². The number of piperidine rings is 1. The Labute approximate surface area is 147 Å². The summed E-state index contributed by atoms with van der Waals surface area (Å²) in [6.45, 7) is 6.42. The van der Waals surface area contributed by atoms with Crippen LogP contribution in [0.3, 0.4) is 0 Å². The molecule has 2 aliphatic rings. The van der Waals surface area contributed by atoms with Crippen molar-refractivity contribution in [3.8, 4) is 0 Å². The second-order valence-electron chi connectivity index (χ2n) is 6.91. The Kier molecular flexibility index (Phi) is 4.97. The molecule has 3 heterocycles. The standard InChI is InChI=1S/C18H26N2O3S/c1-3-14-13(2)24-11-15(14)16(22)20-8-6-18(12-20)5-4-7-19(9-10-21)17(18)23/h11,21H,3-10,12H2,1-2H3. The summed E-state index contributed by atoms with van der Waals surface area (Å²) < 4.78 is 0. The Bertz CT molecular complexity index is 640. The zero-order valence-electron chi connectivity index (χ0n) is 14.5. The third-order valence-electron chi connectivity index (χ3n) is 5.52. The summed E-state index contributed by atoms with van der Waals surface area (Å²) in [5.74, 6) is 0.190. The number of thiophene rings is 1. The first-order valence-electron chi connectivity index (χ1n) is 8.79. The number of carbonyl (C=O) groups is 2. The van der Waals surface area contributed by atoms with Gasteiger partial charge in [-0.15, -0.1) is 11.3 Å². The fourth-order valence-electron chi connectivity index (χ4n) is 4.18. The Morgan fingerprint density at radius 3 is 2.88 bits per heavy atom. The van der Waals surface area contributed by atoms with E-state index < -0.39 is 5.41 Å². The molecule has 1 aromatic heterocycles. The second-order valence-corrected chi connectivity index (χ2v) is 8.00. The summed E-state index contributed by atoms with van der Waals surface area (Å²) in [5, 5.41) is 11.1. The summed E-state index contributed by atoms with van der Waals surface area (Å²) in [4.78, 5) is 30.6. The molecule has 2 aliphatic heterocycles. The Balaban J connectivity index is 1.77. The number of carbonyl (C=O) groups excluding carboxylic acids is 2. The molecule has 1 spiro atoms. The van der Waals surface area contributed by atoms with Gasteiger partial charge in [-0.1, -0.05) is 6.92 Å². The Hall–Kier alpha value is -1.40. The van der Waals surface area contributed by atoms with Crippen molar-refractivity contribution in [1.29, 1.82) is 0 Å². The van der Waals surface area contributed by atoms with Gasteiger partial charge in [0.2, 0.25) is 5.91 Å². The number of aryl methyl sites for hydroxylation is 1. The molecule has 1 aromatic rings. The van der Waals surface area contributed by atoms with Crippen molar-refractivity contribution in [2.45, 2.75) is 39.5 Å². The molecule has 24 heavy (non-hydrogen) atoms. The molecule has 1 atom stereocenters. The molecule has 2 saturated heterocycles. The predicted octanol–water partition coefficient (Wildman–Crippen LogP) is 2.07. The van der Waals surface area contributed by atoms with E-state index in [4.69, 9.17) is 5.11 Å². The van der Waals surface area contributed by atoms with E-state index in [1.54, 1.807) is 16.2 Å². The minimum Gasteiger partial charge on any atom is -0.395 e. The number of hydrogen-bond acceptors (Lipinski definition) is 4. The maximum Gasteiger partial charge on any atom is 0.255 e. The third-order valence-corrected chi connectivity index (χ3v) is 6.48. The largest absolute Gasteiger partial charge is 0.395 e.